The van der Waals surface area contributed by atoms with Crippen LogP contribution in [0, 0.1) is 0 Å². The monoisotopic (exact) mass is 341 g/mol. The van der Waals surface area contributed by atoms with Crippen LogP contribution in [0.1, 0.15) is 37.0 Å². The fourth-order valence-electron chi connectivity index (χ4n) is 2.40. The van der Waals surface area contributed by atoms with E-state index in [-0.39, 0.29) is 6.61 Å². The molecule has 1 aliphatic heterocycles. The first-order valence-electron chi connectivity index (χ1n) is 6.97. The zero-order chi connectivity index (χ0) is 14.5. The standard InChI is InChI=1S/C15H20BrNO3/c1-2-20-15(19)14(18)11-5-6-12(13(16)9-11)10-17-7-3-4-8-17/h5-6,9,14,18H,2-4,7-8,10H2,1H3. The van der Waals surface area contributed by atoms with Crippen molar-refractivity contribution in [2.24, 2.45) is 0 Å². The summed E-state index contributed by atoms with van der Waals surface area (Å²) >= 11 is 3.52. The number of aliphatic hydroxyl groups excluding tert-OH is 1. The lowest BCUT2D eigenvalue weighted by atomic mass is 10.1. The summed E-state index contributed by atoms with van der Waals surface area (Å²) in [4.78, 5) is 13.9. The maximum absolute atomic E-state index is 11.5. The molecule has 4 nitrogen and oxygen atoms in total. The molecule has 1 aromatic carbocycles. The number of halogens is 1. The van der Waals surface area contributed by atoms with Crippen LogP contribution in [0.2, 0.25) is 0 Å². The van der Waals surface area contributed by atoms with Crippen LogP contribution < -0.4 is 0 Å². The second-order valence-electron chi connectivity index (χ2n) is 4.99. The summed E-state index contributed by atoms with van der Waals surface area (Å²) in [5, 5.41) is 9.91. The lowest BCUT2D eigenvalue weighted by Crippen LogP contribution is -2.19. The first kappa shape index (κ1) is 15.5. The van der Waals surface area contributed by atoms with Crippen molar-refractivity contribution in [1.82, 2.24) is 4.90 Å². The molecule has 1 unspecified atom stereocenters. The number of esters is 1. The third-order valence-electron chi connectivity index (χ3n) is 3.50. The molecule has 0 aromatic heterocycles. The number of benzene rings is 1. The predicted octanol–water partition coefficient (Wildman–Crippen LogP) is 2.64. The van der Waals surface area contributed by atoms with Gasteiger partial charge < -0.3 is 9.84 Å². The Bertz CT molecular complexity index is 472. The number of carbonyl (C=O) groups is 1. The van der Waals surface area contributed by atoms with Gasteiger partial charge >= 0.3 is 5.97 Å². The van der Waals surface area contributed by atoms with Crippen LogP contribution in [0.25, 0.3) is 0 Å². The van der Waals surface area contributed by atoms with Crippen molar-refractivity contribution >= 4 is 21.9 Å². The van der Waals surface area contributed by atoms with E-state index in [9.17, 15) is 9.90 Å². The van der Waals surface area contributed by atoms with Crippen molar-refractivity contribution in [2.45, 2.75) is 32.4 Å². The number of carbonyl (C=O) groups excluding carboxylic acids is 1. The summed E-state index contributed by atoms with van der Waals surface area (Å²) in [6, 6.07) is 5.55. The normalized spacial score (nSPS) is 17.1. The van der Waals surface area contributed by atoms with Gasteiger partial charge in [-0.15, -0.1) is 0 Å². The molecule has 0 amide bonds. The third kappa shape index (κ3) is 3.81. The van der Waals surface area contributed by atoms with Gasteiger partial charge in [-0.2, -0.15) is 0 Å². The minimum Gasteiger partial charge on any atom is -0.464 e. The Morgan fingerprint density at radius 1 is 1.45 bits per heavy atom. The second-order valence-corrected chi connectivity index (χ2v) is 5.84. The molecule has 2 rings (SSSR count). The largest absolute Gasteiger partial charge is 0.464 e. The van der Waals surface area contributed by atoms with Gasteiger partial charge in [0.25, 0.3) is 0 Å². The zero-order valence-electron chi connectivity index (χ0n) is 11.6. The van der Waals surface area contributed by atoms with Gasteiger partial charge in [0, 0.05) is 11.0 Å². The van der Waals surface area contributed by atoms with Gasteiger partial charge in [0.1, 0.15) is 0 Å². The summed E-state index contributed by atoms with van der Waals surface area (Å²) in [5.41, 5.74) is 1.73. The molecule has 5 heteroatoms. The van der Waals surface area contributed by atoms with Crippen LogP contribution in [0.3, 0.4) is 0 Å². The molecular weight excluding hydrogens is 322 g/mol. The Morgan fingerprint density at radius 2 is 2.15 bits per heavy atom. The molecule has 1 fully saturated rings. The summed E-state index contributed by atoms with van der Waals surface area (Å²) < 4.78 is 5.74. The molecule has 0 radical (unpaired) electrons. The Kier molecular flexibility index (Phi) is 5.57. The van der Waals surface area contributed by atoms with Crippen LogP contribution >= 0.6 is 15.9 Å². The molecule has 0 bridgehead atoms. The highest BCUT2D eigenvalue weighted by Crippen LogP contribution is 2.25. The van der Waals surface area contributed by atoms with Crippen molar-refractivity contribution in [3.8, 4) is 0 Å². The summed E-state index contributed by atoms with van der Waals surface area (Å²) in [5.74, 6) is -0.605. The van der Waals surface area contributed by atoms with E-state index in [1.165, 1.54) is 18.4 Å². The Balaban J connectivity index is 2.06. The van der Waals surface area contributed by atoms with Crippen LogP contribution in [0.15, 0.2) is 22.7 Å². The molecule has 1 atom stereocenters. The van der Waals surface area contributed by atoms with Crippen LogP contribution in [0.4, 0.5) is 0 Å². The van der Waals surface area contributed by atoms with E-state index < -0.39 is 12.1 Å². The highest BCUT2D eigenvalue weighted by molar-refractivity contribution is 9.10. The zero-order valence-corrected chi connectivity index (χ0v) is 13.2. The van der Waals surface area contributed by atoms with Crippen LogP contribution in [-0.4, -0.2) is 35.7 Å². The average Bonchev–Trinajstić information content (AvgIpc) is 2.93. The van der Waals surface area contributed by atoms with E-state index >= 15 is 0 Å². The Hall–Kier alpha value is -0.910. The molecule has 0 spiro atoms. The molecule has 0 aliphatic carbocycles. The number of rotatable bonds is 5. The molecule has 1 saturated heterocycles. The first-order valence-corrected chi connectivity index (χ1v) is 7.76. The van der Waals surface area contributed by atoms with E-state index in [1.54, 1.807) is 19.1 Å². The van der Waals surface area contributed by atoms with Gasteiger partial charge in [-0.1, -0.05) is 28.1 Å². The molecule has 1 N–H and O–H groups in total. The van der Waals surface area contributed by atoms with Crippen molar-refractivity contribution in [1.29, 1.82) is 0 Å². The highest BCUT2D eigenvalue weighted by Gasteiger charge is 2.20. The number of aliphatic hydroxyl groups is 1. The molecular formula is C15H20BrNO3. The molecule has 1 heterocycles. The molecule has 110 valence electrons. The van der Waals surface area contributed by atoms with E-state index in [4.69, 9.17) is 4.74 Å². The van der Waals surface area contributed by atoms with Crippen molar-refractivity contribution < 1.29 is 14.6 Å². The van der Waals surface area contributed by atoms with Gasteiger partial charge in [0.15, 0.2) is 6.10 Å². The van der Waals surface area contributed by atoms with Gasteiger partial charge in [-0.25, -0.2) is 4.79 Å². The fraction of sp³-hybridized carbons (Fsp3) is 0.533. The highest BCUT2D eigenvalue weighted by atomic mass is 79.9. The third-order valence-corrected chi connectivity index (χ3v) is 4.23. The van der Waals surface area contributed by atoms with Crippen LogP contribution in [0.5, 0.6) is 0 Å². The maximum Gasteiger partial charge on any atom is 0.339 e. The quantitative estimate of drug-likeness (QED) is 0.836. The van der Waals surface area contributed by atoms with Gasteiger partial charge in [-0.3, -0.25) is 4.90 Å². The van der Waals surface area contributed by atoms with Crippen molar-refractivity contribution in [3.63, 3.8) is 0 Å². The molecule has 1 aromatic rings. The molecule has 0 saturated carbocycles. The lowest BCUT2D eigenvalue weighted by molar-refractivity contribution is -0.153. The maximum atomic E-state index is 11.5. The molecule has 20 heavy (non-hydrogen) atoms. The number of hydrogen-bond acceptors (Lipinski definition) is 4. The summed E-state index contributed by atoms with van der Waals surface area (Å²) in [6.45, 7) is 5.17. The molecule has 1 aliphatic rings. The van der Waals surface area contributed by atoms with E-state index in [0.29, 0.717) is 5.56 Å². The van der Waals surface area contributed by atoms with Crippen LogP contribution in [-0.2, 0) is 16.1 Å². The van der Waals surface area contributed by atoms with Gasteiger partial charge in [0.2, 0.25) is 0 Å². The number of nitrogens with zero attached hydrogens (tertiary/aromatic N) is 1. The Morgan fingerprint density at radius 3 is 2.75 bits per heavy atom. The Labute approximate surface area is 127 Å². The average molecular weight is 342 g/mol. The van der Waals surface area contributed by atoms with E-state index in [2.05, 4.69) is 20.8 Å². The SMILES string of the molecule is CCOC(=O)C(O)c1ccc(CN2CCCC2)c(Br)c1. The second kappa shape index (κ2) is 7.20. The number of hydrogen-bond donors (Lipinski definition) is 1. The van der Waals surface area contributed by atoms with E-state index in [0.717, 1.165) is 24.1 Å². The minimum atomic E-state index is -1.22. The van der Waals surface area contributed by atoms with Gasteiger partial charge in [-0.05, 0) is 50.0 Å². The van der Waals surface area contributed by atoms with E-state index in [1.807, 2.05) is 6.07 Å². The summed E-state index contributed by atoms with van der Waals surface area (Å²) in [6.07, 6.45) is 1.31. The van der Waals surface area contributed by atoms with Crippen molar-refractivity contribution in [3.05, 3.63) is 33.8 Å². The topological polar surface area (TPSA) is 49.8 Å². The minimum absolute atomic E-state index is 0.268. The number of likely N-dealkylation sites (tertiary alicyclic amines) is 1. The lowest BCUT2D eigenvalue weighted by Gasteiger charge is -2.17. The van der Waals surface area contributed by atoms with Gasteiger partial charge in [0.05, 0.1) is 6.61 Å². The number of ether oxygens (including phenoxy) is 1. The predicted molar refractivity (Wildman–Crippen MR) is 80.2 cm³/mol. The smallest absolute Gasteiger partial charge is 0.339 e. The van der Waals surface area contributed by atoms with Crippen molar-refractivity contribution in [2.75, 3.05) is 19.7 Å². The fourth-order valence-corrected chi connectivity index (χ4v) is 2.92. The summed E-state index contributed by atoms with van der Waals surface area (Å²) in [7, 11) is 0. The first-order chi connectivity index (χ1) is 9.61.